The van der Waals surface area contributed by atoms with E-state index in [0.29, 0.717) is 5.69 Å². The Kier molecular flexibility index (Phi) is 4.28. The number of nitrogens with one attached hydrogen (secondary N) is 2. The second-order valence-electron chi connectivity index (χ2n) is 2.98. The molecule has 0 bridgehead atoms. The van der Waals surface area contributed by atoms with Gasteiger partial charge in [0.2, 0.25) is 0 Å². The van der Waals surface area contributed by atoms with Gasteiger partial charge in [0.05, 0.1) is 6.61 Å². The van der Waals surface area contributed by atoms with E-state index in [1.54, 1.807) is 0 Å². The molecule has 0 unspecified atom stereocenters. The average Bonchev–Trinajstić information content (AvgIpc) is 2.29. The second kappa shape index (κ2) is 5.72. The molecule has 0 radical (unpaired) electrons. The van der Waals surface area contributed by atoms with Crippen molar-refractivity contribution in [3.8, 4) is 5.75 Å². The summed E-state index contributed by atoms with van der Waals surface area (Å²) >= 11 is 0. The second-order valence-corrected chi connectivity index (χ2v) is 2.98. The topological polar surface area (TPSA) is 98.7 Å². The molecule has 6 heteroatoms. The number of carbonyl (C=O) groups excluding carboxylic acids is 2. The van der Waals surface area contributed by atoms with E-state index in [2.05, 4.69) is 10.6 Å². The molecule has 0 aliphatic carbocycles. The summed E-state index contributed by atoms with van der Waals surface area (Å²) in [6.45, 7) is -0.194. The van der Waals surface area contributed by atoms with Gasteiger partial charge in [0.25, 0.3) is 0 Å². The van der Waals surface area contributed by atoms with Crippen molar-refractivity contribution in [3.63, 3.8) is 0 Å². The molecule has 0 aliphatic rings. The first-order valence-electron chi connectivity index (χ1n) is 4.62. The highest BCUT2D eigenvalue weighted by Gasteiger charge is 2.12. The average molecular weight is 224 g/mol. The van der Waals surface area contributed by atoms with Crippen LogP contribution in [0.3, 0.4) is 0 Å². The molecule has 2 amide bonds. The highest BCUT2D eigenvalue weighted by atomic mass is 16.3. The van der Waals surface area contributed by atoms with Crippen LogP contribution in [0.15, 0.2) is 24.3 Å². The lowest BCUT2D eigenvalue weighted by molar-refractivity contribution is -0.136. The van der Waals surface area contributed by atoms with Crippen molar-refractivity contribution in [3.05, 3.63) is 24.3 Å². The molecular formula is C10H12N2O4. The molecule has 1 aromatic rings. The summed E-state index contributed by atoms with van der Waals surface area (Å²) in [4.78, 5) is 22.3. The fraction of sp³-hybridized carbons (Fsp3) is 0.200. The van der Waals surface area contributed by atoms with Crippen LogP contribution in [0.4, 0.5) is 5.69 Å². The number of carbonyl (C=O) groups is 2. The van der Waals surface area contributed by atoms with E-state index >= 15 is 0 Å². The molecule has 0 fully saturated rings. The van der Waals surface area contributed by atoms with Gasteiger partial charge >= 0.3 is 11.8 Å². The Morgan fingerprint density at radius 1 is 1.12 bits per heavy atom. The Morgan fingerprint density at radius 3 is 2.31 bits per heavy atom. The van der Waals surface area contributed by atoms with Crippen molar-refractivity contribution in [1.29, 1.82) is 0 Å². The van der Waals surface area contributed by atoms with Crippen molar-refractivity contribution in [2.75, 3.05) is 18.5 Å². The van der Waals surface area contributed by atoms with Gasteiger partial charge in [0.1, 0.15) is 5.75 Å². The number of rotatable bonds is 3. The predicted octanol–water partition coefficient (Wildman–Crippen LogP) is -0.561. The molecule has 0 atom stereocenters. The van der Waals surface area contributed by atoms with E-state index in [0.717, 1.165) is 0 Å². The first-order valence-corrected chi connectivity index (χ1v) is 4.62. The van der Waals surface area contributed by atoms with Crippen LogP contribution in [0.25, 0.3) is 0 Å². The standard InChI is InChI=1S/C10H12N2O4/c13-6-5-11-9(15)10(16)12-7-1-3-8(14)4-2-7/h1-4,13-14H,5-6H2,(H,11,15)(H,12,16). The Labute approximate surface area is 91.9 Å². The summed E-state index contributed by atoms with van der Waals surface area (Å²) in [5, 5.41) is 22.0. The Balaban J connectivity index is 2.51. The van der Waals surface area contributed by atoms with Crippen LogP contribution in [0, 0.1) is 0 Å². The van der Waals surface area contributed by atoms with Gasteiger partial charge in [0.15, 0.2) is 0 Å². The fourth-order valence-electron chi connectivity index (χ4n) is 0.982. The first kappa shape index (κ1) is 12.0. The number of amides is 2. The van der Waals surface area contributed by atoms with E-state index in [1.807, 2.05) is 0 Å². The minimum absolute atomic E-state index is 0.0296. The number of phenolic OH excluding ortho intramolecular Hbond substituents is 1. The molecule has 0 aliphatic heterocycles. The maximum Gasteiger partial charge on any atom is 0.313 e. The molecule has 0 saturated heterocycles. The molecule has 16 heavy (non-hydrogen) atoms. The summed E-state index contributed by atoms with van der Waals surface area (Å²) in [5.41, 5.74) is 0.405. The summed E-state index contributed by atoms with van der Waals surface area (Å²) in [7, 11) is 0. The quantitative estimate of drug-likeness (QED) is 0.408. The highest BCUT2D eigenvalue weighted by Crippen LogP contribution is 2.13. The summed E-state index contributed by atoms with van der Waals surface area (Å²) < 4.78 is 0. The summed E-state index contributed by atoms with van der Waals surface area (Å²) in [5.74, 6) is -1.57. The number of aromatic hydroxyl groups is 1. The maximum absolute atomic E-state index is 11.2. The lowest BCUT2D eigenvalue weighted by Crippen LogP contribution is -2.36. The maximum atomic E-state index is 11.2. The zero-order valence-electron chi connectivity index (χ0n) is 8.43. The van der Waals surface area contributed by atoms with Gasteiger partial charge in [-0.2, -0.15) is 0 Å². The van der Waals surface area contributed by atoms with E-state index < -0.39 is 11.8 Å². The van der Waals surface area contributed by atoms with Crippen molar-refractivity contribution >= 4 is 17.5 Å². The van der Waals surface area contributed by atoms with Crippen LogP contribution in [-0.4, -0.2) is 35.2 Å². The molecule has 1 rings (SSSR count). The Hall–Kier alpha value is -2.08. The van der Waals surface area contributed by atoms with Gasteiger partial charge in [0, 0.05) is 12.2 Å². The van der Waals surface area contributed by atoms with Gasteiger partial charge in [-0.3, -0.25) is 9.59 Å². The molecular weight excluding hydrogens is 212 g/mol. The number of aliphatic hydroxyl groups is 1. The number of benzene rings is 1. The lowest BCUT2D eigenvalue weighted by Gasteiger charge is -2.05. The summed E-state index contributed by atoms with van der Waals surface area (Å²) in [6.07, 6.45) is 0. The number of anilines is 1. The Morgan fingerprint density at radius 2 is 1.75 bits per heavy atom. The minimum atomic E-state index is -0.820. The number of phenols is 1. The van der Waals surface area contributed by atoms with Gasteiger partial charge in [-0.1, -0.05) is 0 Å². The molecule has 0 heterocycles. The predicted molar refractivity (Wildman–Crippen MR) is 56.8 cm³/mol. The molecule has 0 aromatic heterocycles. The largest absolute Gasteiger partial charge is 0.508 e. The monoisotopic (exact) mass is 224 g/mol. The third-order valence-corrected chi connectivity index (χ3v) is 1.73. The van der Waals surface area contributed by atoms with Crippen LogP contribution in [0.5, 0.6) is 5.75 Å². The highest BCUT2D eigenvalue weighted by molar-refractivity contribution is 6.39. The molecule has 86 valence electrons. The van der Waals surface area contributed by atoms with E-state index in [1.165, 1.54) is 24.3 Å². The van der Waals surface area contributed by atoms with E-state index in [-0.39, 0.29) is 18.9 Å². The van der Waals surface area contributed by atoms with Gasteiger partial charge < -0.3 is 20.8 Å². The smallest absolute Gasteiger partial charge is 0.313 e. The van der Waals surface area contributed by atoms with Gasteiger partial charge in [-0.25, -0.2) is 0 Å². The van der Waals surface area contributed by atoms with Crippen molar-refractivity contribution in [2.24, 2.45) is 0 Å². The zero-order chi connectivity index (χ0) is 12.0. The minimum Gasteiger partial charge on any atom is -0.508 e. The van der Waals surface area contributed by atoms with Gasteiger partial charge in [-0.15, -0.1) is 0 Å². The van der Waals surface area contributed by atoms with Crippen molar-refractivity contribution in [1.82, 2.24) is 5.32 Å². The molecule has 4 N–H and O–H groups in total. The van der Waals surface area contributed by atoms with Crippen LogP contribution in [0.1, 0.15) is 0 Å². The summed E-state index contributed by atoms with van der Waals surface area (Å²) in [6, 6.07) is 5.71. The van der Waals surface area contributed by atoms with E-state index in [9.17, 15) is 9.59 Å². The fourth-order valence-corrected chi connectivity index (χ4v) is 0.982. The van der Waals surface area contributed by atoms with Crippen molar-refractivity contribution < 1.29 is 19.8 Å². The molecule has 1 aromatic carbocycles. The first-order chi connectivity index (χ1) is 7.63. The lowest BCUT2D eigenvalue weighted by atomic mass is 10.3. The van der Waals surface area contributed by atoms with Crippen LogP contribution < -0.4 is 10.6 Å². The van der Waals surface area contributed by atoms with Gasteiger partial charge in [-0.05, 0) is 24.3 Å². The molecule has 0 saturated carbocycles. The molecule has 6 nitrogen and oxygen atoms in total. The third-order valence-electron chi connectivity index (χ3n) is 1.73. The van der Waals surface area contributed by atoms with E-state index in [4.69, 9.17) is 10.2 Å². The van der Waals surface area contributed by atoms with Crippen LogP contribution in [0.2, 0.25) is 0 Å². The van der Waals surface area contributed by atoms with Crippen molar-refractivity contribution in [2.45, 2.75) is 0 Å². The van der Waals surface area contributed by atoms with Crippen LogP contribution in [-0.2, 0) is 9.59 Å². The SMILES string of the molecule is O=C(NCCO)C(=O)Nc1ccc(O)cc1. The third kappa shape index (κ3) is 3.58. The zero-order valence-corrected chi connectivity index (χ0v) is 8.43. The number of hydrogen-bond acceptors (Lipinski definition) is 4. The number of hydrogen-bond donors (Lipinski definition) is 4. The van der Waals surface area contributed by atoms with Crippen LogP contribution >= 0.6 is 0 Å². The normalized spacial score (nSPS) is 9.56. The number of aliphatic hydroxyl groups excluding tert-OH is 1. The Bertz CT molecular complexity index is 375. The molecule has 0 spiro atoms.